The van der Waals surface area contributed by atoms with E-state index in [4.69, 9.17) is 43.0 Å². The van der Waals surface area contributed by atoms with E-state index in [1.807, 2.05) is 0 Å². The Labute approximate surface area is 371 Å². The van der Waals surface area contributed by atoms with E-state index in [2.05, 4.69) is 10.6 Å². The molecule has 2 amide bonds. The van der Waals surface area contributed by atoms with Gasteiger partial charge in [-0.2, -0.15) is 0 Å². The van der Waals surface area contributed by atoms with Crippen LogP contribution in [0.2, 0.25) is 0 Å². The van der Waals surface area contributed by atoms with Gasteiger partial charge in [-0.25, -0.2) is 4.79 Å². The van der Waals surface area contributed by atoms with Gasteiger partial charge in [0.05, 0.1) is 106 Å². The number of ether oxygens (including phenoxy) is 8. The standard InChI is InChI=1S/C45H84N2O15/c1-40(48)22-24-55-26-28-57-30-32-59-34-36-61-38-39-62-37-35-60-33-31-58-29-27-56-25-23-46-42(49)21-20-41(45(53)54)47-43(50)18-16-14-12-10-8-6-4-2-3-5-7-9-11-13-15-17-19-44(51)52/h41H,2-39H2,1H3,(H,46,49)(H,47,50)(H,51,52)(H,53,54)/t41-/m0/s1. The van der Waals surface area contributed by atoms with Crippen LogP contribution >= 0.6 is 0 Å². The van der Waals surface area contributed by atoms with Crippen LogP contribution in [0.1, 0.15) is 142 Å². The van der Waals surface area contributed by atoms with E-state index in [-0.39, 0.29) is 56.4 Å². The number of amides is 2. The third kappa shape index (κ3) is 48.3. The molecule has 0 aromatic rings. The number of unbranched alkanes of at least 4 members (excludes halogenated alkanes) is 15. The first kappa shape index (κ1) is 59.2. The number of carbonyl (C=O) groups excluding carboxylic acids is 3. The zero-order chi connectivity index (χ0) is 45.4. The highest BCUT2D eigenvalue weighted by molar-refractivity contribution is 5.84. The summed E-state index contributed by atoms with van der Waals surface area (Å²) in [5.41, 5.74) is 0. The maximum atomic E-state index is 12.3. The SMILES string of the molecule is CC(=O)CCOCCOCCOCCOCCOCCOCCOCCOCCNC(=O)CC[C@H](NC(=O)CCCCCCCCCCCCCCCCCCC(=O)O)C(=O)O. The van der Waals surface area contributed by atoms with E-state index < -0.39 is 18.0 Å². The van der Waals surface area contributed by atoms with Gasteiger partial charge in [-0.15, -0.1) is 0 Å². The van der Waals surface area contributed by atoms with Crippen LogP contribution in [0.5, 0.6) is 0 Å². The molecule has 0 fully saturated rings. The van der Waals surface area contributed by atoms with Crippen molar-refractivity contribution < 1.29 is 72.1 Å². The van der Waals surface area contributed by atoms with E-state index in [9.17, 15) is 29.1 Å². The van der Waals surface area contributed by atoms with Crippen molar-refractivity contribution in [1.29, 1.82) is 0 Å². The van der Waals surface area contributed by atoms with Gasteiger partial charge in [-0.1, -0.05) is 89.9 Å². The third-order valence-corrected chi connectivity index (χ3v) is 9.61. The monoisotopic (exact) mass is 893 g/mol. The van der Waals surface area contributed by atoms with Gasteiger partial charge >= 0.3 is 11.9 Å². The topological polar surface area (TPSA) is 224 Å². The summed E-state index contributed by atoms with van der Waals surface area (Å²) in [6.45, 7) is 8.72. The van der Waals surface area contributed by atoms with Crippen molar-refractivity contribution >= 4 is 29.5 Å². The van der Waals surface area contributed by atoms with Crippen LogP contribution in [-0.2, 0) is 61.9 Å². The molecule has 0 heterocycles. The largest absolute Gasteiger partial charge is 0.481 e. The highest BCUT2D eigenvalue weighted by Crippen LogP contribution is 2.14. The molecule has 0 spiro atoms. The van der Waals surface area contributed by atoms with Crippen molar-refractivity contribution in [2.45, 2.75) is 148 Å². The summed E-state index contributed by atoms with van der Waals surface area (Å²) in [4.78, 5) is 57.5. The molecule has 17 heteroatoms. The Morgan fingerprint density at radius 1 is 0.387 bits per heavy atom. The molecule has 0 radical (unpaired) electrons. The second-order valence-corrected chi connectivity index (χ2v) is 15.2. The summed E-state index contributed by atoms with van der Waals surface area (Å²) in [5, 5.41) is 23.5. The van der Waals surface area contributed by atoms with Gasteiger partial charge < -0.3 is 58.7 Å². The summed E-state index contributed by atoms with van der Waals surface area (Å²) in [6, 6.07) is -1.11. The highest BCUT2D eigenvalue weighted by atomic mass is 16.6. The van der Waals surface area contributed by atoms with Crippen LogP contribution in [0.3, 0.4) is 0 Å². The van der Waals surface area contributed by atoms with Crippen molar-refractivity contribution in [2.75, 3.05) is 112 Å². The second kappa shape index (κ2) is 47.7. The molecule has 0 aliphatic carbocycles. The van der Waals surface area contributed by atoms with Gasteiger partial charge in [-0.05, 0) is 26.2 Å². The lowest BCUT2D eigenvalue weighted by Gasteiger charge is -2.14. The summed E-state index contributed by atoms with van der Waals surface area (Å²) in [5.74, 6) is -2.35. The second-order valence-electron chi connectivity index (χ2n) is 15.2. The lowest BCUT2D eigenvalue weighted by atomic mass is 10.0. The van der Waals surface area contributed by atoms with Crippen LogP contribution in [0.4, 0.5) is 0 Å². The Balaban J connectivity index is 3.48. The normalized spacial score (nSPS) is 11.8. The van der Waals surface area contributed by atoms with Gasteiger partial charge in [-0.3, -0.25) is 19.2 Å². The Bertz CT molecular complexity index is 1070. The van der Waals surface area contributed by atoms with Crippen molar-refractivity contribution in [3.63, 3.8) is 0 Å². The summed E-state index contributed by atoms with van der Waals surface area (Å²) < 4.78 is 43.4. The first-order valence-electron chi connectivity index (χ1n) is 23.3. The lowest BCUT2D eigenvalue weighted by Crippen LogP contribution is -2.41. The molecule has 0 aromatic heterocycles. The fourth-order valence-corrected chi connectivity index (χ4v) is 6.04. The smallest absolute Gasteiger partial charge is 0.326 e. The summed E-state index contributed by atoms with van der Waals surface area (Å²) >= 11 is 0. The molecule has 364 valence electrons. The van der Waals surface area contributed by atoms with Crippen molar-refractivity contribution in [3.8, 4) is 0 Å². The maximum absolute atomic E-state index is 12.3. The number of ketones is 1. The van der Waals surface area contributed by atoms with Crippen molar-refractivity contribution in [3.05, 3.63) is 0 Å². The highest BCUT2D eigenvalue weighted by Gasteiger charge is 2.20. The summed E-state index contributed by atoms with van der Waals surface area (Å²) in [7, 11) is 0. The Morgan fingerprint density at radius 2 is 0.710 bits per heavy atom. The minimum absolute atomic E-state index is 0.0123. The summed E-state index contributed by atoms with van der Waals surface area (Å²) in [6.07, 6.45) is 19.0. The van der Waals surface area contributed by atoms with E-state index >= 15 is 0 Å². The molecule has 62 heavy (non-hydrogen) atoms. The fraction of sp³-hybridized carbons (Fsp3) is 0.889. The quantitative estimate of drug-likeness (QED) is 0.0540. The Hall–Kier alpha value is -2.77. The molecule has 17 nitrogen and oxygen atoms in total. The van der Waals surface area contributed by atoms with Crippen molar-refractivity contribution in [1.82, 2.24) is 10.6 Å². The molecular weight excluding hydrogens is 808 g/mol. The van der Waals surface area contributed by atoms with Gasteiger partial charge in [0.15, 0.2) is 0 Å². The van der Waals surface area contributed by atoms with Gasteiger partial charge in [0.2, 0.25) is 11.8 Å². The third-order valence-electron chi connectivity index (χ3n) is 9.61. The van der Waals surface area contributed by atoms with Crippen molar-refractivity contribution in [2.24, 2.45) is 0 Å². The van der Waals surface area contributed by atoms with Crippen LogP contribution in [0, 0.1) is 0 Å². The van der Waals surface area contributed by atoms with E-state index in [1.54, 1.807) is 0 Å². The van der Waals surface area contributed by atoms with Gasteiger partial charge in [0, 0.05) is 32.2 Å². The predicted octanol–water partition coefficient (Wildman–Crippen LogP) is 5.67. The minimum Gasteiger partial charge on any atom is -0.481 e. The van der Waals surface area contributed by atoms with Crippen LogP contribution in [-0.4, -0.2) is 158 Å². The van der Waals surface area contributed by atoms with E-state index in [0.29, 0.717) is 112 Å². The number of carboxylic acid groups (broad SMARTS) is 2. The Morgan fingerprint density at radius 3 is 1.05 bits per heavy atom. The molecule has 0 aliphatic heterocycles. The number of carbonyl (C=O) groups is 5. The zero-order valence-electron chi connectivity index (χ0n) is 38.1. The first-order chi connectivity index (χ1) is 30.2. The molecule has 1 atom stereocenters. The number of hydrogen-bond acceptors (Lipinski definition) is 13. The molecule has 4 N–H and O–H groups in total. The average molecular weight is 893 g/mol. The molecule has 0 rings (SSSR count). The van der Waals surface area contributed by atoms with Crippen LogP contribution in [0.25, 0.3) is 0 Å². The number of nitrogens with one attached hydrogen (secondary N) is 2. The molecule has 0 aromatic carbocycles. The average Bonchev–Trinajstić information content (AvgIpc) is 3.24. The number of Topliss-reactive ketones (excluding diaryl/α,β-unsaturated/α-hetero) is 1. The molecule has 0 saturated heterocycles. The van der Waals surface area contributed by atoms with Crippen LogP contribution in [0.15, 0.2) is 0 Å². The van der Waals surface area contributed by atoms with E-state index in [1.165, 1.54) is 64.7 Å². The lowest BCUT2D eigenvalue weighted by molar-refractivity contribution is -0.142. The molecule has 0 unspecified atom stereocenters. The van der Waals surface area contributed by atoms with Gasteiger partial charge in [0.25, 0.3) is 0 Å². The predicted molar refractivity (Wildman–Crippen MR) is 234 cm³/mol. The fourth-order valence-electron chi connectivity index (χ4n) is 6.04. The number of aliphatic carboxylic acids is 2. The van der Waals surface area contributed by atoms with Gasteiger partial charge in [0.1, 0.15) is 11.8 Å². The number of hydrogen-bond donors (Lipinski definition) is 4. The number of rotatable bonds is 51. The number of carboxylic acids is 2. The Kier molecular flexibility index (Phi) is 45.6. The maximum Gasteiger partial charge on any atom is 0.326 e. The van der Waals surface area contributed by atoms with Crippen LogP contribution < -0.4 is 10.6 Å². The van der Waals surface area contributed by atoms with E-state index in [0.717, 1.165) is 38.5 Å². The zero-order valence-corrected chi connectivity index (χ0v) is 38.1. The minimum atomic E-state index is -1.15. The molecule has 0 aliphatic rings. The first-order valence-corrected chi connectivity index (χ1v) is 23.3. The molecule has 0 saturated carbocycles. The molecular formula is C45H84N2O15. The molecule has 0 bridgehead atoms.